The maximum atomic E-state index is 12.6. The Morgan fingerprint density at radius 3 is 2.52 bits per heavy atom. The molecule has 27 heavy (non-hydrogen) atoms. The second kappa shape index (κ2) is 7.85. The van der Waals surface area contributed by atoms with Gasteiger partial charge in [0.2, 0.25) is 11.8 Å². The number of likely N-dealkylation sites (tertiary alicyclic amines) is 2. The number of piperidine rings is 1. The third kappa shape index (κ3) is 3.93. The zero-order valence-electron chi connectivity index (χ0n) is 15.6. The molecule has 142 valence electrons. The highest BCUT2D eigenvalue weighted by molar-refractivity contribution is 7.09. The molecule has 2 saturated heterocycles. The number of aryl methyl sites for hydroxylation is 1. The molecule has 2 amide bonds. The highest BCUT2D eigenvalue weighted by Crippen LogP contribution is 2.40. The van der Waals surface area contributed by atoms with Crippen molar-refractivity contribution in [3.63, 3.8) is 0 Å². The van der Waals surface area contributed by atoms with Crippen molar-refractivity contribution in [1.82, 2.24) is 9.80 Å². The zero-order chi connectivity index (χ0) is 18.7. The van der Waals surface area contributed by atoms with E-state index >= 15 is 0 Å². The van der Waals surface area contributed by atoms with Crippen molar-refractivity contribution in [2.24, 2.45) is 0 Å². The number of carbonyl (C=O) groups is 2. The lowest BCUT2D eigenvalue weighted by molar-refractivity contribution is -0.137. The molecule has 2 aliphatic heterocycles. The summed E-state index contributed by atoms with van der Waals surface area (Å²) in [6, 6.07) is 14.4. The van der Waals surface area contributed by atoms with E-state index in [1.54, 1.807) is 11.3 Å². The van der Waals surface area contributed by atoms with Crippen LogP contribution in [0, 0.1) is 0 Å². The molecule has 0 bridgehead atoms. The van der Waals surface area contributed by atoms with Crippen LogP contribution in [-0.4, -0.2) is 40.2 Å². The first-order chi connectivity index (χ1) is 13.2. The molecule has 2 aromatic rings. The van der Waals surface area contributed by atoms with Crippen molar-refractivity contribution in [2.75, 3.05) is 13.1 Å². The topological polar surface area (TPSA) is 40.6 Å². The molecule has 0 atom stereocenters. The normalized spacial score (nSPS) is 19.0. The second-order valence-electron chi connectivity index (χ2n) is 7.65. The lowest BCUT2D eigenvalue weighted by Gasteiger charge is -2.45. The highest BCUT2D eigenvalue weighted by atomic mass is 32.1. The molecule has 1 aromatic heterocycles. The average Bonchev–Trinajstić information content (AvgIpc) is 3.32. The first-order valence-corrected chi connectivity index (χ1v) is 10.7. The Balaban J connectivity index is 1.36. The number of nitrogens with zero attached hydrogens (tertiary/aromatic N) is 2. The minimum Gasteiger partial charge on any atom is -0.343 e. The molecule has 0 saturated carbocycles. The molecular weight excluding hydrogens is 356 g/mol. The van der Waals surface area contributed by atoms with E-state index in [0.29, 0.717) is 19.4 Å². The predicted molar refractivity (Wildman–Crippen MR) is 107 cm³/mol. The fourth-order valence-corrected chi connectivity index (χ4v) is 5.14. The molecule has 0 N–H and O–H groups in total. The van der Waals surface area contributed by atoms with E-state index < -0.39 is 0 Å². The standard InChI is InChI=1S/C22H26N2O2S/c25-20(9-8-19-7-4-16-27-19)23-14-12-22(13-15-23)11-10-21(26)24(22)17-18-5-2-1-3-6-18/h1-7,16H,8-15,17H2. The number of amides is 2. The number of carbonyl (C=O) groups excluding carboxylic acids is 2. The van der Waals surface area contributed by atoms with Crippen molar-refractivity contribution >= 4 is 23.2 Å². The highest BCUT2D eigenvalue weighted by Gasteiger charge is 2.47. The van der Waals surface area contributed by atoms with Gasteiger partial charge in [-0.15, -0.1) is 11.3 Å². The van der Waals surface area contributed by atoms with Gasteiger partial charge in [0.15, 0.2) is 0 Å². The van der Waals surface area contributed by atoms with Crippen LogP contribution < -0.4 is 0 Å². The van der Waals surface area contributed by atoms with Crippen molar-refractivity contribution in [1.29, 1.82) is 0 Å². The smallest absolute Gasteiger partial charge is 0.223 e. The summed E-state index contributed by atoms with van der Waals surface area (Å²) in [5.41, 5.74) is 1.12. The Labute approximate surface area is 164 Å². The van der Waals surface area contributed by atoms with Crippen LogP contribution in [0.5, 0.6) is 0 Å². The van der Waals surface area contributed by atoms with Crippen molar-refractivity contribution < 1.29 is 9.59 Å². The summed E-state index contributed by atoms with van der Waals surface area (Å²) < 4.78 is 0. The Bertz CT molecular complexity index is 780. The van der Waals surface area contributed by atoms with Crippen molar-refractivity contribution in [3.05, 3.63) is 58.3 Å². The molecule has 0 radical (unpaired) electrons. The van der Waals surface area contributed by atoms with Gasteiger partial charge in [-0.3, -0.25) is 9.59 Å². The first-order valence-electron chi connectivity index (χ1n) is 9.81. The van der Waals surface area contributed by atoms with Crippen LogP contribution in [0.1, 0.15) is 42.5 Å². The Hall–Kier alpha value is -2.14. The van der Waals surface area contributed by atoms with Gasteiger partial charge < -0.3 is 9.80 Å². The van der Waals surface area contributed by atoms with Gasteiger partial charge in [0.25, 0.3) is 0 Å². The maximum absolute atomic E-state index is 12.6. The molecule has 3 heterocycles. The Morgan fingerprint density at radius 1 is 1.04 bits per heavy atom. The monoisotopic (exact) mass is 382 g/mol. The quantitative estimate of drug-likeness (QED) is 0.788. The molecule has 4 nitrogen and oxygen atoms in total. The fourth-order valence-electron chi connectivity index (χ4n) is 4.43. The minimum absolute atomic E-state index is 0.0581. The van der Waals surface area contributed by atoms with Gasteiger partial charge in [0.05, 0.1) is 0 Å². The summed E-state index contributed by atoms with van der Waals surface area (Å²) in [4.78, 5) is 30.5. The molecule has 1 aromatic carbocycles. The Morgan fingerprint density at radius 2 is 1.81 bits per heavy atom. The molecule has 1 spiro atoms. The third-order valence-electron chi connectivity index (χ3n) is 6.07. The summed E-state index contributed by atoms with van der Waals surface area (Å²) >= 11 is 1.71. The number of hydrogen-bond acceptors (Lipinski definition) is 3. The first kappa shape index (κ1) is 18.2. The van der Waals surface area contributed by atoms with Crippen LogP contribution in [-0.2, 0) is 22.6 Å². The van der Waals surface area contributed by atoms with Gasteiger partial charge in [-0.25, -0.2) is 0 Å². The van der Waals surface area contributed by atoms with Gasteiger partial charge in [-0.05, 0) is 42.7 Å². The third-order valence-corrected chi connectivity index (χ3v) is 7.01. The van der Waals surface area contributed by atoms with Gasteiger partial charge in [0, 0.05) is 42.9 Å². The van der Waals surface area contributed by atoms with Crippen molar-refractivity contribution in [3.8, 4) is 0 Å². The van der Waals surface area contributed by atoms with Crippen LogP contribution in [0.25, 0.3) is 0 Å². The van der Waals surface area contributed by atoms with Crippen LogP contribution in [0.3, 0.4) is 0 Å². The van der Waals surface area contributed by atoms with Crippen LogP contribution in [0.15, 0.2) is 47.8 Å². The van der Waals surface area contributed by atoms with Gasteiger partial charge in [-0.1, -0.05) is 36.4 Å². The summed E-state index contributed by atoms with van der Waals surface area (Å²) in [5, 5.41) is 2.06. The predicted octanol–water partition coefficient (Wildman–Crippen LogP) is 3.86. The zero-order valence-corrected chi connectivity index (χ0v) is 16.4. The maximum Gasteiger partial charge on any atom is 0.223 e. The lowest BCUT2D eigenvalue weighted by atomic mass is 9.84. The van der Waals surface area contributed by atoms with Gasteiger partial charge in [-0.2, -0.15) is 0 Å². The number of benzene rings is 1. The summed E-state index contributed by atoms with van der Waals surface area (Å²) in [7, 11) is 0. The van der Waals surface area contributed by atoms with Gasteiger partial charge >= 0.3 is 0 Å². The van der Waals surface area contributed by atoms with E-state index in [2.05, 4.69) is 28.5 Å². The summed E-state index contributed by atoms with van der Waals surface area (Å²) in [6.45, 7) is 2.22. The molecule has 5 heteroatoms. The van der Waals surface area contributed by atoms with Crippen LogP contribution in [0.4, 0.5) is 0 Å². The van der Waals surface area contributed by atoms with Crippen LogP contribution >= 0.6 is 11.3 Å². The van der Waals surface area contributed by atoms with Crippen LogP contribution in [0.2, 0.25) is 0 Å². The fraction of sp³-hybridized carbons (Fsp3) is 0.455. The average molecular weight is 383 g/mol. The molecule has 2 fully saturated rings. The van der Waals surface area contributed by atoms with E-state index in [-0.39, 0.29) is 17.4 Å². The van der Waals surface area contributed by atoms with Crippen molar-refractivity contribution in [2.45, 2.75) is 50.6 Å². The number of rotatable bonds is 5. The Kier molecular flexibility index (Phi) is 5.30. The summed E-state index contributed by atoms with van der Waals surface area (Å²) in [5.74, 6) is 0.508. The van der Waals surface area contributed by atoms with E-state index in [4.69, 9.17) is 0 Å². The van der Waals surface area contributed by atoms with E-state index in [0.717, 1.165) is 38.8 Å². The molecule has 0 aliphatic carbocycles. The second-order valence-corrected chi connectivity index (χ2v) is 8.68. The molecule has 4 rings (SSSR count). The molecule has 2 aliphatic rings. The summed E-state index contributed by atoms with van der Waals surface area (Å²) in [6.07, 6.45) is 4.78. The van der Waals surface area contributed by atoms with E-state index in [1.165, 1.54) is 10.4 Å². The van der Waals surface area contributed by atoms with Gasteiger partial charge in [0.1, 0.15) is 0 Å². The number of hydrogen-bond donors (Lipinski definition) is 0. The van der Waals surface area contributed by atoms with E-state index in [1.807, 2.05) is 29.2 Å². The van der Waals surface area contributed by atoms with E-state index in [9.17, 15) is 9.59 Å². The molecular formula is C22H26N2O2S. The number of thiophene rings is 1. The molecule has 0 unspecified atom stereocenters. The minimum atomic E-state index is -0.0581. The SMILES string of the molecule is O=C(CCc1cccs1)N1CCC2(CCC(=O)N2Cc2ccccc2)CC1. The lowest BCUT2D eigenvalue weighted by Crippen LogP contribution is -2.53. The largest absolute Gasteiger partial charge is 0.343 e.